The van der Waals surface area contributed by atoms with Gasteiger partial charge in [-0.2, -0.15) is 0 Å². The maximum absolute atomic E-state index is 13.1. The van der Waals surface area contributed by atoms with Crippen LogP contribution in [0, 0.1) is 11.6 Å². The molecular formula is C13H7F2NSe. The third kappa shape index (κ3) is 1.90. The van der Waals surface area contributed by atoms with E-state index in [1.54, 1.807) is 6.07 Å². The second-order valence-corrected chi connectivity index (χ2v) is 5.78. The van der Waals surface area contributed by atoms with Crippen molar-refractivity contribution in [2.45, 2.75) is 0 Å². The Morgan fingerprint density at radius 2 is 1.76 bits per heavy atom. The number of hydrogen-bond acceptors (Lipinski definition) is 1. The van der Waals surface area contributed by atoms with Crippen LogP contribution in [0.25, 0.3) is 19.9 Å². The standard InChI is InChI=1S/C13H7F2NSe/c14-9-6-5-8(7-10(9)15)13-16-11-3-1-2-4-12(11)17-13/h1-7H. The number of benzene rings is 2. The molecule has 0 saturated heterocycles. The Morgan fingerprint density at radius 3 is 2.53 bits per heavy atom. The molecule has 1 heterocycles. The van der Waals surface area contributed by atoms with Gasteiger partial charge >= 0.3 is 102 Å². The van der Waals surface area contributed by atoms with E-state index in [0.29, 0.717) is 5.56 Å². The second-order valence-electron chi connectivity index (χ2n) is 3.62. The molecule has 0 N–H and O–H groups in total. The molecule has 4 heteroatoms. The summed E-state index contributed by atoms with van der Waals surface area (Å²) in [6.45, 7) is 0. The Bertz CT molecular complexity index is 658. The Labute approximate surface area is 102 Å². The number of rotatable bonds is 1. The molecule has 0 saturated carbocycles. The summed E-state index contributed by atoms with van der Waals surface area (Å²) in [4.78, 5) is 4.45. The fourth-order valence-corrected chi connectivity index (χ4v) is 3.64. The van der Waals surface area contributed by atoms with Gasteiger partial charge in [-0.1, -0.05) is 0 Å². The van der Waals surface area contributed by atoms with Crippen molar-refractivity contribution in [2.24, 2.45) is 0 Å². The first-order valence-electron chi connectivity index (χ1n) is 5.05. The monoisotopic (exact) mass is 295 g/mol. The van der Waals surface area contributed by atoms with Crippen LogP contribution in [0.1, 0.15) is 0 Å². The number of halogens is 2. The summed E-state index contributed by atoms with van der Waals surface area (Å²) in [6, 6.07) is 11.8. The van der Waals surface area contributed by atoms with E-state index in [9.17, 15) is 8.78 Å². The first-order chi connectivity index (χ1) is 8.24. The van der Waals surface area contributed by atoms with Gasteiger partial charge in [-0.05, 0) is 0 Å². The Balaban J connectivity index is 2.17. The molecule has 0 unspecified atom stereocenters. The van der Waals surface area contributed by atoms with Crippen molar-refractivity contribution in [3.63, 3.8) is 0 Å². The zero-order valence-electron chi connectivity index (χ0n) is 8.65. The fraction of sp³-hybridized carbons (Fsp3) is 0. The Hall–Kier alpha value is -1.51. The summed E-state index contributed by atoms with van der Waals surface area (Å²) in [6.07, 6.45) is 0. The maximum atomic E-state index is 13.1. The van der Waals surface area contributed by atoms with Crippen LogP contribution in [0.15, 0.2) is 42.5 Å². The number of hydrogen-bond donors (Lipinski definition) is 0. The molecule has 17 heavy (non-hydrogen) atoms. The van der Waals surface area contributed by atoms with Crippen LogP contribution < -0.4 is 0 Å². The molecule has 2 aromatic carbocycles. The molecule has 0 radical (unpaired) electrons. The molecule has 84 valence electrons. The van der Waals surface area contributed by atoms with Crippen molar-refractivity contribution in [1.29, 1.82) is 0 Å². The number of para-hydroxylation sites is 1. The number of aromatic nitrogens is 1. The number of fused-ring (bicyclic) bond motifs is 1. The van der Waals surface area contributed by atoms with E-state index in [4.69, 9.17) is 0 Å². The summed E-state index contributed by atoms with van der Waals surface area (Å²) in [5.74, 6) is -1.64. The predicted molar refractivity (Wildman–Crippen MR) is 64.0 cm³/mol. The minimum atomic E-state index is -0.822. The van der Waals surface area contributed by atoms with E-state index in [2.05, 4.69) is 4.98 Å². The van der Waals surface area contributed by atoms with Gasteiger partial charge in [0.1, 0.15) is 0 Å². The molecule has 0 aliphatic rings. The van der Waals surface area contributed by atoms with Crippen molar-refractivity contribution in [2.75, 3.05) is 0 Å². The Kier molecular flexibility index (Phi) is 2.54. The van der Waals surface area contributed by atoms with E-state index in [1.807, 2.05) is 24.3 Å². The molecule has 1 nitrogen and oxygen atoms in total. The molecule has 0 spiro atoms. The summed E-state index contributed by atoms with van der Waals surface area (Å²) in [7, 11) is 0. The van der Waals surface area contributed by atoms with Crippen molar-refractivity contribution in [3.8, 4) is 10.1 Å². The van der Waals surface area contributed by atoms with Crippen molar-refractivity contribution >= 4 is 24.3 Å². The van der Waals surface area contributed by atoms with Gasteiger partial charge in [0.2, 0.25) is 0 Å². The third-order valence-electron chi connectivity index (χ3n) is 2.46. The molecule has 0 aliphatic heterocycles. The molecule has 0 fully saturated rings. The Morgan fingerprint density at radius 1 is 0.941 bits per heavy atom. The van der Waals surface area contributed by atoms with Gasteiger partial charge in [-0.25, -0.2) is 0 Å². The van der Waals surface area contributed by atoms with Gasteiger partial charge < -0.3 is 0 Å². The molecule has 0 amide bonds. The predicted octanol–water partition coefficient (Wildman–Crippen LogP) is 3.24. The van der Waals surface area contributed by atoms with Crippen LogP contribution in [0.2, 0.25) is 0 Å². The van der Waals surface area contributed by atoms with Gasteiger partial charge in [0.15, 0.2) is 0 Å². The van der Waals surface area contributed by atoms with Crippen LogP contribution in [0.3, 0.4) is 0 Å². The van der Waals surface area contributed by atoms with Crippen LogP contribution in [-0.2, 0) is 0 Å². The summed E-state index contributed by atoms with van der Waals surface area (Å²) in [5.41, 5.74) is 1.60. The average molecular weight is 294 g/mol. The summed E-state index contributed by atoms with van der Waals surface area (Å²) < 4.78 is 28.0. The quantitative estimate of drug-likeness (QED) is 0.628. The number of nitrogens with zero attached hydrogens (tertiary/aromatic N) is 1. The van der Waals surface area contributed by atoms with E-state index < -0.39 is 11.6 Å². The van der Waals surface area contributed by atoms with Gasteiger partial charge in [-0.15, -0.1) is 0 Å². The second kappa shape index (κ2) is 4.06. The average Bonchev–Trinajstić information content (AvgIpc) is 2.76. The first-order valence-corrected chi connectivity index (χ1v) is 6.76. The molecule has 3 rings (SSSR count). The van der Waals surface area contributed by atoms with Crippen molar-refractivity contribution < 1.29 is 8.78 Å². The van der Waals surface area contributed by atoms with Crippen LogP contribution in [-0.4, -0.2) is 19.5 Å². The first kappa shape index (κ1) is 10.6. The third-order valence-corrected chi connectivity index (χ3v) is 4.74. The van der Waals surface area contributed by atoms with Crippen LogP contribution in [0.4, 0.5) is 8.78 Å². The molecule has 0 bridgehead atoms. The van der Waals surface area contributed by atoms with Gasteiger partial charge in [0, 0.05) is 0 Å². The van der Waals surface area contributed by atoms with Crippen molar-refractivity contribution in [1.82, 2.24) is 4.98 Å². The van der Waals surface area contributed by atoms with E-state index in [-0.39, 0.29) is 14.5 Å². The van der Waals surface area contributed by atoms with Gasteiger partial charge in [0.05, 0.1) is 0 Å². The topological polar surface area (TPSA) is 12.9 Å². The van der Waals surface area contributed by atoms with Crippen LogP contribution >= 0.6 is 0 Å². The zero-order chi connectivity index (χ0) is 11.8. The molecular weight excluding hydrogens is 287 g/mol. The van der Waals surface area contributed by atoms with E-state index >= 15 is 0 Å². The normalized spacial score (nSPS) is 10.9. The van der Waals surface area contributed by atoms with Gasteiger partial charge in [0.25, 0.3) is 0 Å². The zero-order valence-corrected chi connectivity index (χ0v) is 10.4. The van der Waals surface area contributed by atoms with Gasteiger partial charge in [-0.3, -0.25) is 0 Å². The molecule has 0 atom stereocenters. The molecule has 3 aromatic rings. The molecule has 1 aromatic heterocycles. The van der Waals surface area contributed by atoms with E-state index in [1.165, 1.54) is 10.3 Å². The van der Waals surface area contributed by atoms with Crippen LogP contribution in [0.5, 0.6) is 0 Å². The minimum absolute atomic E-state index is 0.0703. The SMILES string of the molecule is Fc1ccc(-c2nc3ccccc3[se]2)cc1F. The molecule has 0 aliphatic carbocycles. The van der Waals surface area contributed by atoms with Crippen molar-refractivity contribution in [3.05, 3.63) is 54.1 Å². The van der Waals surface area contributed by atoms with E-state index in [0.717, 1.165) is 16.2 Å². The summed E-state index contributed by atoms with van der Waals surface area (Å²) in [5, 5.41) is 0. The fourth-order valence-electron chi connectivity index (χ4n) is 1.62. The summed E-state index contributed by atoms with van der Waals surface area (Å²) >= 11 is 0.0703.